The van der Waals surface area contributed by atoms with Crippen molar-refractivity contribution in [2.24, 2.45) is 5.92 Å². The van der Waals surface area contributed by atoms with Gasteiger partial charge in [-0.05, 0) is 74.8 Å². The fraction of sp³-hybridized carbons (Fsp3) is 0.606. The number of nitrogens with zero attached hydrogens (tertiary/aromatic N) is 4. The summed E-state index contributed by atoms with van der Waals surface area (Å²) in [5, 5.41) is 6.07. The molecule has 0 bridgehead atoms. The van der Waals surface area contributed by atoms with Gasteiger partial charge in [0.05, 0.1) is 25.3 Å². The fourth-order valence-electron chi connectivity index (χ4n) is 7.07. The zero-order valence-electron chi connectivity index (χ0n) is 24.7. The monoisotopic (exact) mass is 580 g/mol. The molecule has 3 aliphatic heterocycles. The number of fused-ring (bicyclic) bond motifs is 3. The lowest BCUT2D eigenvalue weighted by Crippen LogP contribution is -2.49. The standard InChI is InChI=1S/C33H42F2N4O3/c1-22-15-27-25(8-9-29-28(27)20-39(36-29)31-5-3-4-13-42-31)32(38(22)21-33(35)10-11-33)26-7-6-24(16-30(26)40-2)41-14-12-37-18-23(17-34)19-37/h6-9,16,20,22-23,31-32H,3-5,10-15,17-19,21H2,1-2H3/t22-,31?,32+/m1/s1. The van der Waals surface area contributed by atoms with Gasteiger partial charge in [0.25, 0.3) is 0 Å². The van der Waals surface area contributed by atoms with Crippen LogP contribution in [0.25, 0.3) is 10.9 Å². The van der Waals surface area contributed by atoms with Crippen LogP contribution < -0.4 is 9.47 Å². The van der Waals surface area contributed by atoms with Crippen molar-refractivity contribution in [3.63, 3.8) is 0 Å². The summed E-state index contributed by atoms with van der Waals surface area (Å²) < 4.78 is 48.2. The summed E-state index contributed by atoms with van der Waals surface area (Å²) in [6.45, 7) is 6.05. The molecule has 1 unspecified atom stereocenters. The first-order chi connectivity index (χ1) is 20.4. The Morgan fingerprint density at radius 1 is 1.12 bits per heavy atom. The van der Waals surface area contributed by atoms with E-state index in [9.17, 15) is 4.39 Å². The van der Waals surface area contributed by atoms with Gasteiger partial charge >= 0.3 is 0 Å². The van der Waals surface area contributed by atoms with Crippen molar-refractivity contribution in [1.29, 1.82) is 0 Å². The molecular weight excluding hydrogens is 538 g/mol. The first-order valence-corrected chi connectivity index (χ1v) is 15.6. The predicted molar refractivity (Wildman–Crippen MR) is 158 cm³/mol. The Morgan fingerprint density at radius 3 is 2.69 bits per heavy atom. The van der Waals surface area contributed by atoms with Gasteiger partial charge in [-0.1, -0.05) is 6.07 Å². The highest BCUT2D eigenvalue weighted by molar-refractivity contribution is 5.84. The van der Waals surface area contributed by atoms with Gasteiger partial charge in [-0.3, -0.25) is 14.2 Å². The summed E-state index contributed by atoms with van der Waals surface area (Å²) >= 11 is 0. The van der Waals surface area contributed by atoms with Crippen molar-refractivity contribution in [3.05, 3.63) is 53.2 Å². The predicted octanol–water partition coefficient (Wildman–Crippen LogP) is 5.86. The van der Waals surface area contributed by atoms with Crippen molar-refractivity contribution in [2.75, 3.05) is 53.2 Å². The molecule has 3 fully saturated rings. The second-order valence-electron chi connectivity index (χ2n) is 12.8. The van der Waals surface area contributed by atoms with Crippen LogP contribution in [0.4, 0.5) is 8.78 Å². The third-order valence-corrected chi connectivity index (χ3v) is 9.68. The number of methoxy groups -OCH3 is 1. The van der Waals surface area contributed by atoms with Crippen molar-refractivity contribution < 1.29 is 23.0 Å². The van der Waals surface area contributed by atoms with E-state index in [1.54, 1.807) is 7.11 Å². The second-order valence-corrected chi connectivity index (χ2v) is 12.8. The number of rotatable bonds is 10. The van der Waals surface area contributed by atoms with Crippen LogP contribution in [0.5, 0.6) is 11.5 Å². The molecule has 9 heteroatoms. The molecule has 4 aliphatic rings. The summed E-state index contributed by atoms with van der Waals surface area (Å²) in [6, 6.07) is 10.3. The molecule has 226 valence electrons. The Hall–Kier alpha value is -2.75. The van der Waals surface area contributed by atoms with E-state index in [1.807, 2.05) is 16.8 Å². The van der Waals surface area contributed by atoms with Gasteiger partial charge < -0.3 is 14.2 Å². The van der Waals surface area contributed by atoms with Gasteiger partial charge in [0.1, 0.15) is 30.0 Å². The molecular formula is C33H42F2N4O3. The molecule has 2 aromatic carbocycles. The molecule has 4 heterocycles. The Labute approximate surface area is 246 Å². The largest absolute Gasteiger partial charge is 0.496 e. The molecule has 1 saturated carbocycles. The van der Waals surface area contributed by atoms with Crippen molar-refractivity contribution >= 4 is 10.9 Å². The molecule has 7 nitrogen and oxygen atoms in total. The molecule has 7 rings (SSSR count). The fourth-order valence-corrected chi connectivity index (χ4v) is 7.07. The summed E-state index contributed by atoms with van der Waals surface area (Å²) in [6.07, 6.45) is 7.44. The van der Waals surface area contributed by atoms with E-state index in [1.165, 1.54) is 11.1 Å². The van der Waals surface area contributed by atoms with Gasteiger partial charge in [-0.15, -0.1) is 0 Å². The molecule has 2 saturated heterocycles. The summed E-state index contributed by atoms with van der Waals surface area (Å²) in [5.41, 5.74) is 3.32. The SMILES string of the molecule is COc1cc(OCCN2CC(CF)C2)ccc1[C@@H]1c2ccc3nn(C4CCCCO4)cc3c2C[C@@H](C)N1CC1(F)CC1. The number of hydrogen-bond donors (Lipinski definition) is 0. The number of ether oxygens (including phenoxy) is 3. The highest BCUT2D eigenvalue weighted by atomic mass is 19.1. The molecule has 3 aromatic rings. The molecule has 3 atom stereocenters. The highest BCUT2D eigenvalue weighted by Crippen LogP contribution is 2.48. The van der Waals surface area contributed by atoms with E-state index >= 15 is 4.39 Å². The van der Waals surface area contributed by atoms with Crippen LogP contribution in [0, 0.1) is 5.92 Å². The van der Waals surface area contributed by atoms with Gasteiger partial charge in [0, 0.05) is 68.0 Å². The molecule has 0 spiro atoms. The minimum Gasteiger partial charge on any atom is -0.496 e. The number of likely N-dealkylation sites (tertiary alicyclic amines) is 1. The molecule has 1 aromatic heterocycles. The number of hydrogen-bond acceptors (Lipinski definition) is 6. The van der Waals surface area contributed by atoms with Crippen LogP contribution in [0.15, 0.2) is 36.5 Å². The minimum absolute atomic E-state index is 0.0183. The van der Waals surface area contributed by atoms with Crippen LogP contribution in [0.3, 0.4) is 0 Å². The maximum atomic E-state index is 15.4. The maximum absolute atomic E-state index is 15.4. The van der Waals surface area contributed by atoms with E-state index in [4.69, 9.17) is 19.3 Å². The average molecular weight is 581 g/mol. The number of halogens is 2. The third kappa shape index (κ3) is 5.40. The Balaban J connectivity index is 1.21. The second kappa shape index (κ2) is 11.4. The Morgan fingerprint density at radius 2 is 1.95 bits per heavy atom. The Bertz CT molecular complexity index is 1410. The van der Waals surface area contributed by atoms with Crippen molar-refractivity contribution in [2.45, 2.75) is 69.4 Å². The molecule has 0 amide bonds. The van der Waals surface area contributed by atoms with Crippen molar-refractivity contribution in [1.82, 2.24) is 19.6 Å². The third-order valence-electron chi connectivity index (χ3n) is 9.68. The summed E-state index contributed by atoms with van der Waals surface area (Å²) in [4.78, 5) is 4.54. The van der Waals surface area contributed by atoms with Gasteiger partial charge in [-0.25, -0.2) is 9.07 Å². The van der Waals surface area contributed by atoms with E-state index < -0.39 is 5.67 Å². The smallest absolute Gasteiger partial charge is 0.150 e. The molecule has 42 heavy (non-hydrogen) atoms. The highest BCUT2D eigenvalue weighted by Gasteiger charge is 2.48. The van der Waals surface area contributed by atoms with E-state index in [-0.39, 0.29) is 30.9 Å². The molecule has 1 aliphatic carbocycles. The van der Waals surface area contributed by atoms with Gasteiger partial charge in [-0.2, -0.15) is 5.10 Å². The summed E-state index contributed by atoms with van der Waals surface area (Å²) in [5.74, 6) is 1.64. The van der Waals surface area contributed by atoms with E-state index in [0.29, 0.717) is 26.0 Å². The Kier molecular flexibility index (Phi) is 7.61. The van der Waals surface area contributed by atoms with E-state index in [2.05, 4.69) is 41.1 Å². The van der Waals surface area contributed by atoms with Gasteiger partial charge in [0.2, 0.25) is 0 Å². The quantitative estimate of drug-likeness (QED) is 0.299. The number of aromatic nitrogens is 2. The lowest BCUT2D eigenvalue weighted by Gasteiger charge is -2.43. The zero-order chi connectivity index (χ0) is 28.8. The van der Waals surface area contributed by atoms with Crippen molar-refractivity contribution in [3.8, 4) is 11.5 Å². The van der Waals surface area contributed by atoms with Crippen LogP contribution >= 0.6 is 0 Å². The van der Waals surface area contributed by atoms with Crippen LogP contribution in [0.1, 0.15) is 68.0 Å². The topological polar surface area (TPSA) is 52.0 Å². The van der Waals surface area contributed by atoms with E-state index in [0.717, 1.165) is 79.9 Å². The van der Waals surface area contributed by atoms with Crippen LogP contribution in [0.2, 0.25) is 0 Å². The number of alkyl halides is 2. The van der Waals surface area contributed by atoms with Crippen LogP contribution in [-0.4, -0.2) is 84.5 Å². The summed E-state index contributed by atoms with van der Waals surface area (Å²) in [7, 11) is 1.69. The first-order valence-electron chi connectivity index (χ1n) is 15.6. The maximum Gasteiger partial charge on any atom is 0.150 e. The normalized spacial score (nSPS) is 26.1. The lowest BCUT2D eigenvalue weighted by atomic mass is 9.83. The first kappa shape index (κ1) is 28.0. The molecule has 0 N–H and O–H groups in total. The van der Waals surface area contributed by atoms with Gasteiger partial charge in [0.15, 0.2) is 0 Å². The zero-order valence-corrected chi connectivity index (χ0v) is 24.7. The average Bonchev–Trinajstić information content (AvgIpc) is 3.54. The number of benzene rings is 2. The molecule has 0 radical (unpaired) electrons. The minimum atomic E-state index is -1.12. The van der Waals surface area contributed by atoms with Crippen LogP contribution in [-0.2, 0) is 11.2 Å². The lowest BCUT2D eigenvalue weighted by molar-refractivity contribution is -0.0390.